The lowest BCUT2D eigenvalue weighted by Gasteiger charge is -2.33. The van der Waals surface area contributed by atoms with Crippen molar-refractivity contribution in [2.24, 2.45) is 0 Å². The van der Waals surface area contributed by atoms with E-state index < -0.39 is 0 Å². The highest BCUT2D eigenvalue weighted by atomic mass is 19.1. The van der Waals surface area contributed by atoms with Crippen molar-refractivity contribution in [1.82, 2.24) is 20.0 Å². The molecule has 33 heavy (non-hydrogen) atoms. The first-order valence-corrected chi connectivity index (χ1v) is 11.4. The zero-order chi connectivity index (χ0) is 23.2. The number of carbonyl (C=O) groups is 2. The monoisotopic (exact) mass is 448 g/mol. The van der Waals surface area contributed by atoms with Gasteiger partial charge in [-0.15, -0.1) is 0 Å². The summed E-state index contributed by atoms with van der Waals surface area (Å²) >= 11 is 0. The van der Waals surface area contributed by atoms with Crippen LogP contribution < -0.4 is 0 Å². The maximum atomic E-state index is 13.9. The smallest absolute Gasteiger partial charge is 0.257 e. The van der Waals surface area contributed by atoms with Gasteiger partial charge >= 0.3 is 0 Å². The molecule has 0 aliphatic carbocycles. The molecule has 6 nitrogen and oxygen atoms in total. The van der Waals surface area contributed by atoms with E-state index in [0.717, 1.165) is 24.1 Å². The summed E-state index contributed by atoms with van der Waals surface area (Å²) in [4.78, 5) is 29.5. The molecule has 7 heteroatoms. The van der Waals surface area contributed by atoms with Gasteiger partial charge in [0.2, 0.25) is 5.91 Å². The van der Waals surface area contributed by atoms with Crippen molar-refractivity contribution in [3.05, 3.63) is 89.0 Å². The van der Waals surface area contributed by atoms with Crippen LogP contribution >= 0.6 is 0 Å². The molecule has 4 rings (SSSR count). The lowest BCUT2D eigenvalue weighted by Crippen LogP contribution is -2.40. The molecule has 172 valence electrons. The van der Waals surface area contributed by atoms with Crippen molar-refractivity contribution >= 4 is 11.8 Å². The number of rotatable bonds is 7. The Morgan fingerprint density at radius 2 is 1.91 bits per heavy atom. The van der Waals surface area contributed by atoms with Crippen LogP contribution in [0.2, 0.25) is 0 Å². The van der Waals surface area contributed by atoms with Gasteiger partial charge in [0.05, 0.1) is 17.5 Å². The van der Waals surface area contributed by atoms with E-state index in [1.54, 1.807) is 36.3 Å². The van der Waals surface area contributed by atoms with Gasteiger partial charge in [0, 0.05) is 39.0 Å². The zero-order valence-electron chi connectivity index (χ0n) is 18.8. The van der Waals surface area contributed by atoms with Gasteiger partial charge in [0.1, 0.15) is 5.82 Å². The summed E-state index contributed by atoms with van der Waals surface area (Å²) in [6, 6.07) is 16.4. The van der Waals surface area contributed by atoms with Crippen molar-refractivity contribution in [1.29, 1.82) is 0 Å². The molecule has 0 bridgehead atoms. The van der Waals surface area contributed by atoms with Gasteiger partial charge < -0.3 is 9.80 Å². The third-order valence-electron chi connectivity index (χ3n) is 6.26. The van der Waals surface area contributed by atoms with E-state index in [1.807, 2.05) is 35.2 Å². The standard InChI is InChI=1S/C26H29FN4O2/c1-30(17-19-8-3-2-4-9-19)26(33)22-16-28-29-25(22)21-11-7-15-31(18-21)24(32)14-13-20-10-5-6-12-23(20)27/h2-6,8-10,12,16,21H,7,11,13-15,17-18H2,1H3,(H,28,29). The van der Waals surface area contributed by atoms with Crippen LogP contribution in [-0.4, -0.2) is 51.9 Å². The van der Waals surface area contributed by atoms with Crippen LogP contribution in [0.4, 0.5) is 4.39 Å². The number of nitrogens with zero attached hydrogens (tertiary/aromatic N) is 3. The number of likely N-dealkylation sites (tertiary alicyclic amines) is 1. The van der Waals surface area contributed by atoms with Crippen LogP contribution in [0.25, 0.3) is 0 Å². The number of benzene rings is 2. The van der Waals surface area contributed by atoms with E-state index >= 15 is 0 Å². The Bertz CT molecular complexity index is 1100. The molecule has 1 atom stereocenters. The second-order valence-electron chi connectivity index (χ2n) is 8.61. The molecule has 3 aromatic rings. The van der Waals surface area contributed by atoms with Crippen LogP contribution in [0.5, 0.6) is 0 Å². The predicted octanol–water partition coefficient (Wildman–Crippen LogP) is 4.16. The number of nitrogens with one attached hydrogen (secondary N) is 1. The number of aryl methyl sites for hydroxylation is 1. The van der Waals surface area contributed by atoms with Crippen molar-refractivity contribution in [3.63, 3.8) is 0 Å². The van der Waals surface area contributed by atoms with Crippen molar-refractivity contribution < 1.29 is 14.0 Å². The first-order chi connectivity index (χ1) is 16.0. The number of aromatic amines is 1. The molecule has 2 aromatic carbocycles. The van der Waals surface area contributed by atoms with E-state index in [9.17, 15) is 14.0 Å². The Labute approximate surface area is 193 Å². The number of piperidine rings is 1. The van der Waals surface area contributed by atoms with Crippen LogP contribution in [-0.2, 0) is 17.8 Å². The van der Waals surface area contributed by atoms with E-state index in [2.05, 4.69) is 10.2 Å². The largest absolute Gasteiger partial charge is 0.342 e. The topological polar surface area (TPSA) is 69.3 Å². The molecule has 0 saturated carbocycles. The van der Waals surface area contributed by atoms with Crippen LogP contribution in [0, 0.1) is 5.82 Å². The number of hydrogen-bond donors (Lipinski definition) is 1. The highest BCUT2D eigenvalue weighted by Gasteiger charge is 2.29. The van der Waals surface area contributed by atoms with Gasteiger partial charge in [-0.3, -0.25) is 14.7 Å². The number of halogens is 1. The summed E-state index contributed by atoms with van der Waals surface area (Å²) in [5.41, 5.74) is 2.95. The second kappa shape index (κ2) is 10.4. The Kier molecular flexibility index (Phi) is 7.17. The number of aromatic nitrogens is 2. The molecular formula is C26H29FN4O2. The number of hydrogen-bond acceptors (Lipinski definition) is 3. The minimum Gasteiger partial charge on any atom is -0.342 e. The first kappa shape index (κ1) is 22.7. The average Bonchev–Trinajstić information content (AvgIpc) is 3.33. The van der Waals surface area contributed by atoms with Crippen molar-refractivity contribution in [2.45, 2.75) is 38.1 Å². The highest BCUT2D eigenvalue weighted by molar-refractivity contribution is 5.95. The molecule has 2 amide bonds. The minimum absolute atomic E-state index is 0.0107. The Morgan fingerprint density at radius 3 is 2.70 bits per heavy atom. The van der Waals surface area contributed by atoms with Crippen LogP contribution in [0.15, 0.2) is 60.8 Å². The SMILES string of the molecule is CN(Cc1ccccc1)C(=O)c1cn[nH]c1C1CCCN(C(=O)CCc2ccccc2F)C1. The Hall–Kier alpha value is -3.48. The molecule has 1 fully saturated rings. The molecule has 0 radical (unpaired) electrons. The maximum Gasteiger partial charge on any atom is 0.257 e. The van der Waals surface area contributed by atoms with Crippen molar-refractivity contribution in [3.8, 4) is 0 Å². The van der Waals surface area contributed by atoms with Gasteiger partial charge in [-0.1, -0.05) is 48.5 Å². The minimum atomic E-state index is -0.276. The Morgan fingerprint density at radius 1 is 1.15 bits per heavy atom. The van der Waals surface area contributed by atoms with Crippen molar-refractivity contribution in [2.75, 3.05) is 20.1 Å². The molecule has 1 aliphatic heterocycles. The van der Waals surface area contributed by atoms with Gasteiger partial charge in [-0.25, -0.2) is 4.39 Å². The summed E-state index contributed by atoms with van der Waals surface area (Å²) in [5, 5.41) is 7.16. The predicted molar refractivity (Wildman–Crippen MR) is 124 cm³/mol. The molecular weight excluding hydrogens is 419 g/mol. The fourth-order valence-electron chi connectivity index (χ4n) is 4.45. The molecule has 1 saturated heterocycles. The third kappa shape index (κ3) is 5.48. The van der Waals surface area contributed by atoms with Gasteiger partial charge in [-0.2, -0.15) is 5.10 Å². The number of amides is 2. The quantitative estimate of drug-likeness (QED) is 0.590. The fourth-order valence-corrected chi connectivity index (χ4v) is 4.45. The van der Waals surface area contributed by atoms with E-state index in [1.165, 1.54) is 6.07 Å². The van der Waals surface area contributed by atoms with E-state index in [0.29, 0.717) is 37.2 Å². The van der Waals surface area contributed by atoms with Crippen LogP contribution in [0.1, 0.15) is 52.4 Å². The van der Waals surface area contributed by atoms with Gasteiger partial charge in [-0.05, 0) is 36.5 Å². The zero-order valence-corrected chi connectivity index (χ0v) is 18.8. The molecule has 1 aliphatic rings. The molecule has 1 unspecified atom stereocenters. The van der Waals surface area contributed by atoms with E-state index in [-0.39, 0.29) is 30.0 Å². The fraction of sp³-hybridized carbons (Fsp3) is 0.346. The summed E-state index contributed by atoms with van der Waals surface area (Å²) in [5.74, 6) is -0.341. The Balaban J connectivity index is 1.39. The summed E-state index contributed by atoms with van der Waals surface area (Å²) < 4.78 is 13.9. The molecule has 0 spiro atoms. The molecule has 1 aromatic heterocycles. The molecule has 1 N–H and O–H groups in total. The van der Waals surface area contributed by atoms with Gasteiger partial charge in [0.15, 0.2) is 0 Å². The third-order valence-corrected chi connectivity index (χ3v) is 6.26. The second-order valence-corrected chi connectivity index (χ2v) is 8.61. The lowest BCUT2D eigenvalue weighted by molar-refractivity contribution is -0.132. The van der Waals surface area contributed by atoms with Crippen LogP contribution in [0.3, 0.4) is 0 Å². The summed E-state index contributed by atoms with van der Waals surface area (Å²) in [6.45, 7) is 1.72. The molecule has 2 heterocycles. The summed E-state index contributed by atoms with van der Waals surface area (Å²) in [6.07, 6.45) is 3.95. The first-order valence-electron chi connectivity index (χ1n) is 11.4. The highest BCUT2D eigenvalue weighted by Crippen LogP contribution is 2.29. The normalized spacial score (nSPS) is 15.9. The van der Waals surface area contributed by atoms with Gasteiger partial charge in [0.25, 0.3) is 5.91 Å². The lowest BCUT2D eigenvalue weighted by atomic mass is 9.92. The summed E-state index contributed by atoms with van der Waals surface area (Å²) in [7, 11) is 1.78. The number of carbonyl (C=O) groups excluding carboxylic acids is 2. The average molecular weight is 449 g/mol. The maximum absolute atomic E-state index is 13.9. The number of H-pyrrole nitrogens is 1. The van der Waals surface area contributed by atoms with E-state index in [4.69, 9.17) is 0 Å².